The van der Waals surface area contributed by atoms with Gasteiger partial charge >= 0.3 is 0 Å². The van der Waals surface area contributed by atoms with Gasteiger partial charge in [0.15, 0.2) is 0 Å². The van der Waals surface area contributed by atoms with E-state index in [-0.39, 0.29) is 11.3 Å². The van der Waals surface area contributed by atoms with Crippen LogP contribution in [0.15, 0.2) is 48.5 Å². The normalized spacial score (nSPS) is 11.0. The SMILES string of the molecule is CC(C)(C)c1ccc(NC(=O)CCc2ccc(C(=O)NO)cc2)cc1. The Morgan fingerprint density at radius 3 is 2.08 bits per heavy atom. The molecule has 25 heavy (non-hydrogen) atoms. The van der Waals surface area contributed by atoms with Crippen molar-refractivity contribution in [1.29, 1.82) is 0 Å². The van der Waals surface area contributed by atoms with Crippen molar-refractivity contribution in [2.75, 3.05) is 5.32 Å². The maximum atomic E-state index is 12.1. The fraction of sp³-hybridized carbons (Fsp3) is 0.300. The van der Waals surface area contributed by atoms with Gasteiger partial charge < -0.3 is 5.32 Å². The molecule has 0 unspecified atom stereocenters. The second-order valence-electron chi connectivity index (χ2n) is 7.01. The Kier molecular flexibility index (Phi) is 5.93. The maximum absolute atomic E-state index is 12.1. The first-order valence-electron chi connectivity index (χ1n) is 8.23. The Labute approximate surface area is 148 Å². The van der Waals surface area contributed by atoms with Crippen LogP contribution in [0.5, 0.6) is 0 Å². The van der Waals surface area contributed by atoms with Gasteiger partial charge in [0.05, 0.1) is 0 Å². The summed E-state index contributed by atoms with van der Waals surface area (Å²) in [6.07, 6.45) is 0.930. The fourth-order valence-electron chi connectivity index (χ4n) is 2.42. The monoisotopic (exact) mass is 340 g/mol. The summed E-state index contributed by atoms with van der Waals surface area (Å²) in [6, 6.07) is 14.7. The Balaban J connectivity index is 1.87. The lowest BCUT2D eigenvalue weighted by Crippen LogP contribution is -2.18. The predicted molar refractivity (Wildman–Crippen MR) is 97.8 cm³/mol. The fourth-order valence-corrected chi connectivity index (χ4v) is 2.42. The molecule has 132 valence electrons. The summed E-state index contributed by atoms with van der Waals surface area (Å²) in [5.41, 5.74) is 5.00. The minimum atomic E-state index is -0.553. The van der Waals surface area contributed by atoms with E-state index in [9.17, 15) is 9.59 Å². The van der Waals surface area contributed by atoms with Crippen molar-refractivity contribution < 1.29 is 14.8 Å². The number of aryl methyl sites for hydroxylation is 1. The van der Waals surface area contributed by atoms with Gasteiger partial charge in [0.25, 0.3) is 5.91 Å². The number of rotatable bonds is 5. The minimum Gasteiger partial charge on any atom is -0.326 e. The van der Waals surface area contributed by atoms with Gasteiger partial charge in [0, 0.05) is 17.7 Å². The third-order valence-electron chi connectivity index (χ3n) is 3.99. The minimum absolute atomic E-state index is 0.0549. The van der Waals surface area contributed by atoms with Crippen molar-refractivity contribution >= 4 is 17.5 Å². The molecule has 0 aliphatic heterocycles. The van der Waals surface area contributed by atoms with E-state index >= 15 is 0 Å². The van der Waals surface area contributed by atoms with Crippen LogP contribution in [0.2, 0.25) is 0 Å². The molecule has 0 aliphatic rings. The molecule has 0 heterocycles. The molecule has 5 heteroatoms. The summed E-state index contributed by atoms with van der Waals surface area (Å²) in [5, 5.41) is 11.5. The van der Waals surface area contributed by atoms with Gasteiger partial charge in [-0.05, 0) is 47.2 Å². The van der Waals surface area contributed by atoms with Crippen molar-refractivity contribution in [1.82, 2.24) is 5.48 Å². The van der Waals surface area contributed by atoms with Gasteiger partial charge in [-0.1, -0.05) is 45.0 Å². The second-order valence-corrected chi connectivity index (χ2v) is 7.01. The Morgan fingerprint density at radius 1 is 0.960 bits per heavy atom. The largest absolute Gasteiger partial charge is 0.326 e. The highest BCUT2D eigenvalue weighted by Crippen LogP contribution is 2.23. The molecule has 0 atom stereocenters. The van der Waals surface area contributed by atoms with E-state index < -0.39 is 5.91 Å². The molecular formula is C20H24N2O3. The number of hydrogen-bond acceptors (Lipinski definition) is 3. The molecule has 0 saturated carbocycles. The van der Waals surface area contributed by atoms with E-state index in [0.29, 0.717) is 18.4 Å². The summed E-state index contributed by atoms with van der Waals surface area (Å²) < 4.78 is 0. The summed E-state index contributed by atoms with van der Waals surface area (Å²) in [4.78, 5) is 23.3. The number of hydrogen-bond donors (Lipinski definition) is 3. The van der Waals surface area contributed by atoms with Crippen molar-refractivity contribution in [3.05, 3.63) is 65.2 Å². The quantitative estimate of drug-likeness (QED) is 0.574. The van der Waals surface area contributed by atoms with Crippen LogP contribution in [-0.4, -0.2) is 17.0 Å². The highest BCUT2D eigenvalue weighted by molar-refractivity contribution is 5.93. The first-order chi connectivity index (χ1) is 11.8. The number of amides is 2. The molecule has 2 aromatic rings. The van der Waals surface area contributed by atoms with Gasteiger partial charge in [-0.15, -0.1) is 0 Å². The lowest BCUT2D eigenvalue weighted by Gasteiger charge is -2.19. The molecule has 0 aromatic heterocycles. The van der Waals surface area contributed by atoms with E-state index in [1.165, 1.54) is 5.56 Å². The van der Waals surface area contributed by atoms with Crippen molar-refractivity contribution in [3.8, 4) is 0 Å². The average Bonchev–Trinajstić information content (AvgIpc) is 2.59. The number of benzene rings is 2. The van der Waals surface area contributed by atoms with Gasteiger partial charge in [-0.3, -0.25) is 14.8 Å². The van der Waals surface area contributed by atoms with E-state index in [0.717, 1.165) is 11.3 Å². The van der Waals surface area contributed by atoms with Crippen LogP contribution in [0.3, 0.4) is 0 Å². The second kappa shape index (κ2) is 7.94. The summed E-state index contributed by atoms with van der Waals surface area (Å²) in [6.45, 7) is 6.45. The maximum Gasteiger partial charge on any atom is 0.274 e. The van der Waals surface area contributed by atoms with E-state index in [1.807, 2.05) is 24.3 Å². The van der Waals surface area contributed by atoms with Crippen LogP contribution in [0, 0.1) is 0 Å². The summed E-state index contributed by atoms with van der Waals surface area (Å²) in [7, 11) is 0. The Hall–Kier alpha value is -2.66. The van der Waals surface area contributed by atoms with Gasteiger partial charge in [0.2, 0.25) is 5.91 Å². The van der Waals surface area contributed by atoms with E-state index in [4.69, 9.17) is 5.21 Å². The van der Waals surface area contributed by atoms with Gasteiger partial charge in [-0.25, -0.2) is 5.48 Å². The molecule has 0 saturated heterocycles. The average molecular weight is 340 g/mol. The molecule has 2 rings (SSSR count). The molecule has 0 radical (unpaired) electrons. The highest BCUT2D eigenvalue weighted by Gasteiger charge is 2.13. The number of hydroxylamine groups is 1. The Bertz CT molecular complexity index is 729. The smallest absolute Gasteiger partial charge is 0.274 e. The molecular weight excluding hydrogens is 316 g/mol. The molecule has 0 fully saturated rings. The lowest BCUT2D eigenvalue weighted by atomic mass is 9.87. The van der Waals surface area contributed by atoms with E-state index in [2.05, 4.69) is 26.1 Å². The van der Waals surface area contributed by atoms with Crippen LogP contribution in [0.1, 0.15) is 48.7 Å². The molecule has 0 aliphatic carbocycles. The van der Waals surface area contributed by atoms with Crippen LogP contribution in [-0.2, 0) is 16.6 Å². The third kappa shape index (κ3) is 5.43. The van der Waals surface area contributed by atoms with Crippen LogP contribution < -0.4 is 10.8 Å². The number of carbonyl (C=O) groups excluding carboxylic acids is 2. The zero-order valence-corrected chi connectivity index (χ0v) is 14.8. The first-order valence-corrected chi connectivity index (χ1v) is 8.23. The number of carbonyl (C=O) groups is 2. The van der Waals surface area contributed by atoms with Crippen LogP contribution in [0.25, 0.3) is 0 Å². The summed E-state index contributed by atoms with van der Waals surface area (Å²) >= 11 is 0. The zero-order chi connectivity index (χ0) is 18.4. The van der Waals surface area contributed by atoms with Crippen LogP contribution >= 0.6 is 0 Å². The van der Waals surface area contributed by atoms with Gasteiger partial charge in [0.1, 0.15) is 0 Å². The van der Waals surface area contributed by atoms with Crippen molar-refractivity contribution in [3.63, 3.8) is 0 Å². The zero-order valence-electron chi connectivity index (χ0n) is 14.8. The van der Waals surface area contributed by atoms with E-state index in [1.54, 1.807) is 29.7 Å². The summed E-state index contributed by atoms with van der Waals surface area (Å²) in [5.74, 6) is -0.608. The van der Waals surface area contributed by atoms with Crippen molar-refractivity contribution in [2.45, 2.75) is 39.0 Å². The third-order valence-corrected chi connectivity index (χ3v) is 3.99. The Morgan fingerprint density at radius 2 is 1.56 bits per heavy atom. The predicted octanol–water partition coefficient (Wildman–Crippen LogP) is 3.67. The number of anilines is 1. The molecule has 3 N–H and O–H groups in total. The molecule has 0 bridgehead atoms. The topological polar surface area (TPSA) is 78.4 Å². The molecule has 5 nitrogen and oxygen atoms in total. The van der Waals surface area contributed by atoms with Crippen LogP contribution in [0.4, 0.5) is 5.69 Å². The number of nitrogens with one attached hydrogen (secondary N) is 2. The first kappa shape index (κ1) is 18.7. The lowest BCUT2D eigenvalue weighted by molar-refractivity contribution is -0.116. The molecule has 2 aromatic carbocycles. The van der Waals surface area contributed by atoms with Crippen molar-refractivity contribution in [2.24, 2.45) is 0 Å². The highest BCUT2D eigenvalue weighted by atomic mass is 16.5. The standard InChI is InChI=1S/C20H24N2O3/c1-20(2,3)16-9-11-17(12-10-16)21-18(23)13-6-14-4-7-15(8-5-14)19(24)22-25/h4-5,7-12,25H,6,13H2,1-3H3,(H,21,23)(H,22,24). The molecule has 0 spiro atoms. The van der Waals surface area contributed by atoms with Gasteiger partial charge in [-0.2, -0.15) is 0 Å². The molecule has 2 amide bonds.